The quantitative estimate of drug-likeness (QED) is 0.732. The van der Waals surface area contributed by atoms with E-state index in [0.29, 0.717) is 40.7 Å². The van der Waals surface area contributed by atoms with Crippen LogP contribution in [0.5, 0.6) is 11.5 Å². The van der Waals surface area contributed by atoms with Crippen LogP contribution in [0.4, 0.5) is 11.4 Å². The van der Waals surface area contributed by atoms with Crippen molar-refractivity contribution < 1.29 is 19.1 Å². The summed E-state index contributed by atoms with van der Waals surface area (Å²) in [6, 6.07) is 10.4. The van der Waals surface area contributed by atoms with Gasteiger partial charge in [-0.1, -0.05) is 17.7 Å². The van der Waals surface area contributed by atoms with Crippen molar-refractivity contribution in [3.8, 4) is 11.5 Å². The number of carbonyl (C=O) groups excluding carboxylic acids is 2. The van der Waals surface area contributed by atoms with Crippen LogP contribution in [0.25, 0.3) is 0 Å². The molecule has 0 aromatic heterocycles. The Labute approximate surface area is 162 Å². The minimum Gasteiger partial charge on any atom is -0.497 e. The van der Waals surface area contributed by atoms with Gasteiger partial charge in [-0.15, -0.1) is 0 Å². The van der Waals surface area contributed by atoms with Gasteiger partial charge in [0, 0.05) is 22.8 Å². The maximum absolute atomic E-state index is 12.8. The van der Waals surface area contributed by atoms with Crippen molar-refractivity contribution in [1.29, 1.82) is 0 Å². The smallest absolute Gasteiger partial charge is 0.240 e. The van der Waals surface area contributed by atoms with Gasteiger partial charge < -0.3 is 20.1 Å². The number of halogens is 1. The van der Waals surface area contributed by atoms with Gasteiger partial charge in [0.15, 0.2) is 0 Å². The van der Waals surface area contributed by atoms with Crippen LogP contribution in [0.2, 0.25) is 5.02 Å². The summed E-state index contributed by atoms with van der Waals surface area (Å²) in [7, 11) is 3.05. The summed E-state index contributed by atoms with van der Waals surface area (Å²) >= 11 is 6.10. The van der Waals surface area contributed by atoms with Crippen molar-refractivity contribution >= 4 is 34.8 Å². The van der Waals surface area contributed by atoms with Crippen LogP contribution in [0, 0.1) is 12.3 Å². The largest absolute Gasteiger partial charge is 0.497 e. The molecule has 3 rings (SSSR count). The normalized spacial score (nSPS) is 14.2. The Morgan fingerprint density at radius 2 is 1.74 bits per heavy atom. The molecular formula is C20H21ClN2O4. The molecule has 0 atom stereocenters. The van der Waals surface area contributed by atoms with Gasteiger partial charge in [0.25, 0.3) is 0 Å². The minimum absolute atomic E-state index is 0.335. The van der Waals surface area contributed by atoms with E-state index in [4.69, 9.17) is 21.1 Å². The number of carbonyl (C=O) groups is 2. The van der Waals surface area contributed by atoms with Crippen molar-refractivity contribution in [1.82, 2.24) is 0 Å². The van der Waals surface area contributed by atoms with Gasteiger partial charge in [-0.25, -0.2) is 0 Å². The van der Waals surface area contributed by atoms with Crippen molar-refractivity contribution in [2.24, 2.45) is 5.41 Å². The summed E-state index contributed by atoms with van der Waals surface area (Å²) in [5, 5.41) is 6.16. The monoisotopic (exact) mass is 388 g/mol. The highest BCUT2D eigenvalue weighted by atomic mass is 35.5. The zero-order valence-corrected chi connectivity index (χ0v) is 16.1. The number of hydrogen-bond donors (Lipinski definition) is 2. The van der Waals surface area contributed by atoms with Crippen LogP contribution in [-0.2, 0) is 9.59 Å². The van der Waals surface area contributed by atoms with Crippen LogP contribution in [0.3, 0.4) is 0 Å². The van der Waals surface area contributed by atoms with E-state index in [2.05, 4.69) is 10.6 Å². The molecule has 0 spiro atoms. The standard InChI is InChI=1S/C20H21ClN2O4/c1-12-9-16(17(27-3)11-15(12)21)23-19(25)20(7-8-20)18(24)22-13-5-4-6-14(10-13)26-2/h4-6,9-11H,7-8H2,1-3H3,(H,22,24)(H,23,25). The molecule has 1 aliphatic carbocycles. The van der Waals surface area contributed by atoms with E-state index in [1.54, 1.807) is 43.5 Å². The average Bonchev–Trinajstić information content (AvgIpc) is 3.46. The molecule has 7 heteroatoms. The topological polar surface area (TPSA) is 76.7 Å². The van der Waals surface area contributed by atoms with Crippen LogP contribution >= 0.6 is 11.6 Å². The fraction of sp³-hybridized carbons (Fsp3) is 0.300. The van der Waals surface area contributed by atoms with Crippen molar-refractivity contribution in [2.75, 3.05) is 24.9 Å². The molecule has 0 aliphatic heterocycles. The molecule has 2 amide bonds. The first-order valence-electron chi connectivity index (χ1n) is 8.51. The summed E-state index contributed by atoms with van der Waals surface area (Å²) in [5.74, 6) is 0.382. The third-order valence-electron chi connectivity index (χ3n) is 4.68. The highest BCUT2D eigenvalue weighted by molar-refractivity contribution is 6.31. The molecule has 2 aromatic rings. The molecule has 1 fully saturated rings. The first-order chi connectivity index (χ1) is 12.9. The van der Waals surface area contributed by atoms with Crippen molar-refractivity contribution in [2.45, 2.75) is 19.8 Å². The van der Waals surface area contributed by atoms with E-state index in [-0.39, 0.29) is 11.8 Å². The summed E-state index contributed by atoms with van der Waals surface area (Å²) in [6.07, 6.45) is 0.979. The van der Waals surface area contributed by atoms with Gasteiger partial charge >= 0.3 is 0 Å². The molecule has 0 saturated heterocycles. The highest BCUT2D eigenvalue weighted by Gasteiger charge is 2.56. The predicted molar refractivity (Wildman–Crippen MR) is 105 cm³/mol. The van der Waals surface area contributed by atoms with E-state index >= 15 is 0 Å². The first-order valence-corrected chi connectivity index (χ1v) is 8.88. The number of nitrogens with one attached hydrogen (secondary N) is 2. The zero-order chi connectivity index (χ0) is 19.6. The molecule has 2 N–H and O–H groups in total. The number of ether oxygens (including phenoxy) is 2. The Hall–Kier alpha value is -2.73. The molecule has 27 heavy (non-hydrogen) atoms. The lowest BCUT2D eigenvalue weighted by Gasteiger charge is -2.18. The number of amides is 2. The number of aryl methyl sites for hydroxylation is 1. The molecule has 6 nitrogen and oxygen atoms in total. The van der Waals surface area contributed by atoms with Crippen LogP contribution < -0.4 is 20.1 Å². The lowest BCUT2D eigenvalue weighted by Crippen LogP contribution is -2.35. The molecule has 2 aromatic carbocycles. The average molecular weight is 389 g/mol. The van der Waals surface area contributed by atoms with E-state index in [1.807, 2.05) is 6.92 Å². The Bertz CT molecular complexity index is 894. The third-order valence-corrected chi connectivity index (χ3v) is 5.08. The van der Waals surface area contributed by atoms with E-state index < -0.39 is 5.41 Å². The Kier molecular flexibility index (Phi) is 5.28. The lowest BCUT2D eigenvalue weighted by atomic mass is 10.0. The van der Waals surface area contributed by atoms with Gasteiger partial charge in [0.2, 0.25) is 11.8 Å². The fourth-order valence-corrected chi connectivity index (χ4v) is 2.96. The van der Waals surface area contributed by atoms with Gasteiger partial charge in [0.05, 0.1) is 19.9 Å². The molecule has 0 unspecified atom stereocenters. The van der Waals surface area contributed by atoms with Crippen molar-refractivity contribution in [3.63, 3.8) is 0 Å². The number of benzene rings is 2. The number of methoxy groups -OCH3 is 2. The number of anilines is 2. The third kappa shape index (κ3) is 3.85. The Balaban J connectivity index is 1.76. The Morgan fingerprint density at radius 3 is 2.37 bits per heavy atom. The van der Waals surface area contributed by atoms with E-state index in [9.17, 15) is 9.59 Å². The van der Waals surface area contributed by atoms with Crippen molar-refractivity contribution in [3.05, 3.63) is 47.0 Å². The van der Waals surface area contributed by atoms with Crippen LogP contribution in [-0.4, -0.2) is 26.0 Å². The molecular weight excluding hydrogens is 368 g/mol. The second kappa shape index (κ2) is 7.48. The lowest BCUT2D eigenvalue weighted by molar-refractivity contribution is -0.131. The molecule has 142 valence electrons. The maximum Gasteiger partial charge on any atom is 0.240 e. The van der Waals surface area contributed by atoms with Gasteiger partial charge in [-0.3, -0.25) is 9.59 Å². The summed E-state index contributed by atoms with van der Waals surface area (Å²) in [6.45, 7) is 1.83. The first kappa shape index (κ1) is 19.0. The minimum atomic E-state index is -1.08. The fourth-order valence-electron chi connectivity index (χ4n) is 2.81. The predicted octanol–water partition coefficient (Wildman–Crippen LogP) is 4.02. The second-order valence-corrected chi connectivity index (χ2v) is 6.93. The van der Waals surface area contributed by atoms with Gasteiger partial charge in [-0.2, -0.15) is 0 Å². The summed E-state index contributed by atoms with van der Waals surface area (Å²) in [5.41, 5.74) is 0.795. The highest BCUT2D eigenvalue weighted by Crippen LogP contribution is 2.48. The van der Waals surface area contributed by atoms with Crippen LogP contribution in [0.15, 0.2) is 36.4 Å². The van der Waals surface area contributed by atoms with Gasteiger partial charge in [-0.05, 0) is 43.5 Å². The summed E-state index contributed by atoms with van der Waals surface area (Å²) < 4.78 is 10.4. The van der Waals surface area contributed by atoms with E-state index in [1.165, 1.54) is 7.11 Å². The molecule has 1 saturated carbocycles. The maximum atomic E-state index is 12.8. The molecule has 0 heterocycles. The molecule has 0 bridgehead atoms. The number of hydrogen-bond acceptors (Lipinski definition) is 4. The van der Waals surface area contributed by atoms with E-state index in [0.717, 1.165) is 5.56 Å². The zero-order valence-electron chi connectivity index (χ0n) is 15.4. The summed E-state index contributed by atoms with van der Waals surface area (Å²) in [4.78, 5) is 25.6. The molecule has 0 radical (unpaired) electrons. The Morgan fingerprint density at radius 1 is 1.04 bits per heavy atom. The van der Waals surface area contributed by atoms with Crippen LogP contribution in [0.1, 0.15) is 18.4 Å². The van der Waals surface area contributed by atoms with Gasteiger partial charge in [0.1, 0.15) is 16.9 Å². The number of rotatable bonds is 6. The SMILES string of the molecule is COc1cccc(NC(=O)C2(C(=O)Nc3cc(C)c(Cl)cc3OC)CC2)c1. The second-order valence-electron chi connectivity index (χ2n) is 6.52. The molecule has 1 aliphatic rings.